The first-order valence-electron chi connectivity index (χ1n) is 8.46. The van der Waals surface area contributed by atoms with Gasteiger partial charge in [-0.05, 0) is 61.2 Å². The topological polar surface area (TPSA) is 67.4 Å². The molecule has 0 saturated heterocycles. The van der Waals surface area contributed by atoms with Gasteiger partial charge in [0.2, 0.25) is 0 Å². The molecule has 2 aromatic carbocycles. The number of hydrogen-bond acceptors (Lipinski definition) is 3. The highest BCUT2D eigenvalue weighted by molar-refractivity contribution is 9.10. The van der Waals surface area contributed by atoms with Gasteiger partial charge >= 0.3 is 0 Å². The summed E-state index contributed by atoms with van der Waals surface area (Å²) in [4.78, 5) is 24.2. The molecular formula is C20H23BrN2O3. The highest BCUT2D eigenvalue weighted by atomic mass is 79.9. The second-order valence-corrected chi connectivity index (χ2v) is 7.28. The second-order valence-electron chi connectivity index (χ2n) is 6.43. The number of carbonyl (C=O) groups excluding carboxylic acids is 2. The average Bonchev–Trinajstić information content (AvgIpc) is 2.62. The third kappa shape index (κ3) is 5.88. The molecule has 0 aliphatic carbocycles. The van der Waals surface area contributed by atoms with Crippen LogP contribution < -0.4 is 15.6 Å². The molecule has 0 bridgehead atoms. The van der Waals surface area contributed by atoms with Crippen molar-refractivity contribution in [3.63, 3.8) is 0 Å². The highest BCUT2D eigenvalue weighted by Crippen LogP contribution is 2.17. The first-order chi connectivity index (χ1) is 12.4. The van der Waals surface area contributed by atoms with Crippen LogP contribution in [0.25, 0.3) is 0 Å². The summed E-state index contributed by atoms with van der Waals surface area (Å²) in [7, 11) is 0. The molecule has 0 radical (unpaired) electrons. The Hall–Kier alpha value is -2.34. The summed E-state index contributed by atoms with van der Waals surface area (Å²) in [5, 5.41) is 0. The molecule has 2 rings (SSSR count). The van der Waals surface area contributed by atoms with E-state index in [0.29, 0.717) is 23.7 Å². The van der Waals surface area contributed by atoms with E-state index in [2.05, 4.69) is 40.6 Å². The molecule has 0 atom stereocenters. The van der Waals surface area contributed by atoms with E-state index >= 15 is 0 Å². The fraction of sp³-hybridized carbons (Fsp3) is 0.300. The molecule has 0 aliphatic heterocycles. The quantitative estimate of drug-likeness (QED) is 0.688. The minimum absolute atomic E-state index is 0.382. The van der Waals surface area contributed by atoms with Crippen LogP contribution in [-0.2, 0) is 0 Å². The van der Waals surface area contributed by atoms with Crippen molar-refractivity contribution in [2.45, 2.75) is 27.2 Å². The minimum atomic E-state index is -0.391. The van der Waals surface area contributed by atoms with E-state index in [-0.39, 0.29) is 5.91 Å². The van der Waals surface area contributed by atoms with Gasteiger partial charge in [-0.15, -0.1) is 0 Å². The van der Waals surface area contributed by atoms with Gasteiger partial charge < -0.3 is 4.74 Å². The summed E-state index contributed by atoms with van der Waals surface area (Å²) in [5.74, 6) is 0.527. The lowest BCUT2D eigenvalue weighted by Gasteiger charge is -2.10. The predicted molar refractivity (Wildman–Crippen MR) is 105 cm³/mol. The van der Waals surface area contributed by atoms with Gasteiger partial charge in [-0.1, -0.05) is 35.8 Å². The Balaban J connectivity index is 1.87. The van der Waals surface area contributed by atoms with Crippen LogP contribution in [0.2, 0.25) is 0 Å². The number of hydrazine groups is 1. The number of benzene rings is 2. The number of aryl methyl sites for hydroxylation is 1. The van der Waals surface area contributed by atoms with Crippen molar-refractivity contribution in [2.24, 2.45) is 5.92 Å². The maximum absolute atomic E-state index is 12.1. The Kier molecular flexibility index (Phi) is 7.21. The summed E-state index contributed by atoms with van der Waals surface area (Å²) < 4.78 is 6.46. The molecule has 6 heteroatoms. The van der Waals surface area contributed by atoms with Crippen molar-refractivity contribution in [1.29, 1.82) is 0 Å². The molecule has 138 valence electrons. The van der Waals surface area contributed by atoms with Gasteiger partial charge in [-0.3, -0.25) is 20.4 Å². The predicted octanol–water partition coefficient (Wildman–Crippen LogP) is 4.26. The first-order valence-corrected chi connectivity index (χ1v) is 9.26. The lowest BCUT2D eigenvalue weighted by atomic mass is 10.1. The number of ether oxygens (including phenoxy) is 1. The van der Waals surface area contributed by atoms with Crippen molar-refractivity contribution >= 4 is 27.7 Å². The normalized spacial score (nSPS) is 10.5. The van der Waals surface area contributed by atoms with Crippen LogP contribution in [0.3, 0.4) is 0 Å². The van der Waals surface area contributed by atoms with Crippen molar-refractivity contribution < 1.29 is 14.3 Å². The third-order valence-electron chi connectivity index (χ3n) is 3.80. The van der Waals surface area contributed by atoms with Crippen molar-refractivity contribution in [3.8, 4) is 5.75 Å². The van der Waals surface area contributed by atoms with Gasteiger partial charge in [0.05, 0.1) is 6.61 Å². The third-order valence-corrected chi connectivity index (χ3v) is 4.66. The molecule has 2 aromatic rings. The van der Waals surface area contributed by atoms with E-state index in [1.807, 2.05) is 13.0 Å². The summed E-state index contributed by atoms with van der Waals surface area (Å²) in [6, 6.07) is 12.1. The van der Waals surface area contributed by atoms with Gasteiger partial charge in [0.1, 0.15) is 5.75 Å². The van der Waals surface area contributed by atoms with Gasteiger partial charge in [0, 0.05) is 15.6 Å². The molecule has 0 unspecified atom stereocenters. The number of rotatable bonds is 6. The molecular weight excluding hydrogens is 396 g/mol. The summed E-state index contributed by atoms with van der Waals surface area (Å²) in [6.45, 7) is 6.86. The van der Waals surface area contributed by atoms with E-state index in [9.17, 15) is 9.59 Å². The van der Waals surface area contributed by atoms with Crippen molar-refractivity contribution in [2.75, 3.05) is 6.61 Å². The maximum Gasteiger partial charge on any atom is 0.269 e. The zero-order chi connectivity index (χ0) is 19.1. The molecule has 0 saturated carbocycles. The molecule has 0 aromatic heterocycles. The number of halogens is 1. The van der Waals surface area contributed by atoms with Gasteiger partial charge in [-0.2, -0.15) is 0 Å². The molecule has 0 heterocycles. The van der Waals surface area contributed by atoms with Crippen LogP contribution in [0.4, 0.5) is 0 Å². The molecule has 2 amide bonds. The largest absolute Gasteiger partial charge is 0.494 e. The fourth-order valence-corrected chi connectivity index (χ4v) is 2.49. The highest BCUT2D eigenvalue weighted by Gasteiger charge is 2.10. The molecule has 2 N–H and O–H groups in total. The van der Waals surface area contributed by atoms with E-state index in [1.165, 1.54) is 0 Å². The smallest absolute Gasteiger partial charge is 0.269 e. The molecule has 5 nitrogen and oxygen atoms in total. The Bertz CT molecular complexity index is 773. The van der Waals surface area contributed by atoms with E-state index < -0.39 is 5.91 Å². The number of carbonyl (C=O) groups is 2. The summed E-state index contributed by atoms with van der Waals surface area (Å²) in [5.41, 5.74) is 6.75. The summed E-state index contributed by atoms with van der Waals surface area (Å²) in [6.07, 6.45) is 0.976. The van der Waals surface area contributed by atoms with Gasteiger partial charge in [-0.25, -0.2) is 0 Å². The Morgan fingerprint density at radius 2 is 1.58 bits per heavy atom. The van der Waals surface area contributed by atoms with Crippen LogP contribution in [0, 0.1) is 12.8 Å². The van der Waals surface area contributed by atoms with Crippen LogP contribution >= 0.6 is 15.9 Å². The monoisotopic (exact) mass is 418 g/mol. The van der Waals surface area contributed by atoms with Gasteiger partial charge in [0.25, 0.3) is 11.8 Å². The maximum atomic E-state index is 12.1. The second kappa shape index (κ2) is 9.38. The zero-order valence-corrected chi connectivity index (χ0v) is 16.7. The standard InChI is InChI=1S/C20H23BrN2O3/c1-13(2)10-11-26-17-8-6-15(7-9-17)19(24)22-23-20(25)16-5-4-14(3)18(21)12-16/h4-9,12-13H,10-11H2,1-3H3,(H,22,24)(H,23,25). The Labute approximate surface area is 162 Å². The molecule has 0 aliphatic rings. The van der Waals surface area contributed by atoms with Crippen LogP contribution in [0.1, 0.15) is 46.5 Å². The SMILES string of the molecule is Cc1ccc(C(=O)NNC(=O)c2ccc(OCCC(C)C)cc2)cc1Br. The van der Waals surface area contributed by atoms with E-state index in [4.69, 9.17) is 4.74 Å². The van der Waals surface area contributed by atoms with Gasteiger partial charge in [0.15, 0.2) is 0 Å². The first kappa shape index (κ1) is 20.0. The molecule has 26 heavy (non-hydrogen) atoms. The van der Waals surface area contributed by atoms with Crippen LogP contribution in [0.15, 0.2) is 46.9 Å². The Morgan fingerprint density at radius 1 is 1.00 bits per heavy atom. The molecule has 0 spiro atoms. The fourth-order valence-electron chi connectivity index (χ4n) is 2.11. The number of hydrogen-bond donors (Lipinski definition) is 2. The van der Waals surface area contributed by atoms with Crippen molar-refractivity contribution in [3.05, 3.63) is 63.6 Å². The summed E-state index contributed by atoms with van der Waals surface area (Å²) >= 11 is 3.38. The number of nitrogens with one attached hydrogen (secondary N) is 2. The lowest BCUT2D eigenvalue weighted by Crippen LogP contribution is -2.41. The average molecular weight is 419 g/mol. The van der Waals surface area contributed by atoms with Crippen LogP contribution in [0.5, 0.6) is 5.75 Å². The van der Waals surface area contributed by atoms with E-state index in [0.717, 1.165) is 22.2 Å². The lowest BCUT2D eigenvalue weighted by molar-refractivity contribution is 0.0846. The van der Waals surface area contributed by atoms with Crippen molar-refractivity contribution in [1.82, 2.24) is 10.9 Å². The minimum Gasteiger partial charge on any atom is -0.494 e. The Morgan fingerprint density at radius 3 is 2.15 bits per heavy atom. The zero-order valence-electron chi connectivity index (χ0n) is 15.1. The van der Waals surface area contributed by atoms with E-state index in [1.54, 1.807) is 36.4 Å². The van der Waals surface area contributed by atoms with Crippen LogP contribution in [-0.4, -0.2) is 18.4 Å². The molecule has 0 fully saturated rings. The number of amides is 2.